The number of nitro benzene ring substituents is 1. The van der Waals surface area contributed by atoms with Crippen molar-refractivity contribution in [2.45, 2.75) is 13.5 Å². The van der Waals surface area contributed by atoms with Crippen molar-refractivity contribution in [3.05, 3.63) is 83.7 Å². The molecule has 0 aliphatic heterocycles. The third-order valence-corrected chi connectivity index (χ3v) is 4.97. The molecule has 31 heavy (non-hydrogen) atoms. The Labute approximate surface area is 184 Å². The summed E-state index contributed by atoms with van der Waals surface area (Å²) in [5, 5.41) is 25.5. The maximum atomic E-state index is 11.2. The zero-order valence-electron chi connectivity index (χ0n) is 16.4. The second-order valence-corrected chi connectivity index (χ2v) is 7.16. The molecule has 0 aliphatic carbocycles. The van der Waals surface area contributed by atoms with Crippen LogP contribution in [0.25, 0.3) is 12.2 Å². The SMILES string of the molecule is COc1cc(/C=C\c2onc(C)c2[N+](=O)[O-])c(Br)cc1OCc1ccc([N+](=O)[O-])cc1. The molecule has 0 saturated heterocycles. The first-order chi connectivity index (χ1) is 14.8. The number of halogens is 1. The van der Waals surface area contributed by atoms with Crippen molar-refractivity contribution in [3.63, 3.8) is 0 Å². The summed E-state index contributed by atoms with van der Waals surface area (Å²) in [6, 6.07) is 9.44. The molecule has 1 heterocycles. The highest BCUT2D eigenvalue weighted by Crippen LogP contribution is 2.35. The van der Waals surface area contributed by atoms with Crippen LogP contribution in [0.3, 0.4) is 0 Å². The van der Waals surface area contributed by atoms with Gasteiger partial charge in [0.25, 0.3) is 5.69 Å². The lowest BCUT2D eigenvalue weighted by Gasteiger charge is -2.13. The first-order valence-corrected chi connectivity index (χ1v) is 9.62. The van der Waals surface area contributed by atoms with Crippen molar-refractivity contribution in [1.82, 2.24) is 5.16 Å². The fourth-order valence-electron chi connectivity index (χ4n) is 2.71. The van der Waals surface area contributed by atoms with Crippen molar-refractivity contribution in [2.75, 3.05) is 7.11 Å². The predicted molar refractivity (Wildman–Crippen MR) is 115 cm³/mol. The van der Waals surface area contributed by atoms with Gasteiger partial charge in [0.1, 0.15) is 6.61 Å². The largest absolute Gasteiger partial charge is 0.493 e. The highest BCUT2D eigenvalue weighted by Gasteiger charge is 2.22. The third kappa shape index (κ3) is 5.07. The molecular formula is C20H16BrN3O7. The summed E-state index contributed by atoms with van der Waals surface area (Å²) in [4.78, 5) is 20.9. The van der Waals surface area contributed by atoms with E-state index in [1.807, 2.05) is 0 Å². The molecular weight excluding hydrogens is 474 g/mol. The van der Waals surface area contributed by atoms with Crippen LogP contribution in [0.4, 0.5) is 11.4 Å². The van der Waals surface area contributed by atoms with Gasteiger partial charge >= 0.3 is 5.69 Å². The molecule has 160 valence electrons. The van der Waals surface area contributed by atoms with E-state index in [-0.39, 0.29) is 29.4 Å². The average Bonchev–Trinajstić information content (AvgIpc) is 3.12. The zero-order valence-corrected chi connectivity index (χ0v) is 18.0. The Hall–Kier alpha value is -3.73. The van der Waals surface area contributed by atoms with Gasteiger partial charge in [0.05, 0.1) is 17.0 Å². The molecule has 3 aromatic rings. The van der Waals surface area contributed by atoms with E-state index in [1.54, 1.807) is 30.3 Å². The Morgan fingerprint density at radius 2 is 1.81 bits per heavy atom. The smallest absolute Gasteiger partial charge is 0.338 e. The fraction of sp³-hybridized carbons (Fsp3) is 0.150. The number of methoxy groups -OCH3 is 1. The monoisotopic (exact) mass is 489 g/mol. The van der Waals surface area contributed by atoms with E-state index in [4.69, 9.17) is 14.0 Å². The number of benzene rings is 2. The summed E-state index contributed by atoms with van der Waals surface area (Å²) in [6.07, 6.45) is 3.08. The minimum atomic E-state index is -0.545. The maximum absolute atomic E-state index is 11.2. The minimum Gasteiger partial charge on any atom is -0.493 e. The molecule has 10 nitrogen and oxygen atoms in total. The average molecular weight is 490 g/mol. The van der Waals surface area contributed by atoms with Crippen LogP contribution < -0.4 is 9.47 Å². The van der Waals surface area contributed by atoms with Crippen molar-refractivity contribution in [2.24, 2.45) is 0 Å². The number of aryl methyl sites for hydroxylation is 1. The Morgan fingerprint density at radius 3 is 2.42 bits per heavy atom. The van der Waals surface area contributed by atoms with Gasteiger partial charge in [0.2, 0.25) is 5.76 Å². The molecule has 0 saturated carbocycles. The van der Waals surface area contributed by atoms with Crippen LogP contribution in [-0.2, 0) is 6.61 Å². The van der Waals surface area contributed by atoms with E-state index in [1.165, 1.54) is 32.2 Å². The number of rotatable bonds is 8. The van der Waals surface area contributed by atoms with E-state index < -0.39 is 9.85 Å². The van der Waals surface area contributed by atoms with E-state index in [9.17, 15) is 20.2 Å². The summed E-state index contributed by atoms with van der Waals surface area (Å²) in [6.45, 7) is 1.68. The van der Waals surface area contributed by atoms with Crippen molar-refractivity contribution < 1.29 is 23.8 Å². The standard InChI is InChI=1S/C20H16BrN3O7/c1-12-20(24(27)28)17(31-22-12)8-5-14-9-18(29-2)19(10-16(14)21)30-11-13-3-6-15(7-4-13)23(25)26/h3-10H,11H2,1-2H3/b8-5-. The van der Waals surface area contributed by atoms with Crippen LogP contribution in [-0.4, -0.2) is 22.1 Å². The molecule has 0 radical (unpaired) electrons. The zero-order chi connectivity index (χ0) is 22.5. The molecule has 0 bridgehead atoms. The maximum Gasteiger partial charge on any atom is 0.338 e. The van der Waals surface area contributed by atoms with Crippen molar-refractivity contribution in [1.29, 1.82) is 0 Å². The number of non-ortho nitro benzene ring substituents is 1. The van der Waals surface area contributed by atoms with Crippen molar-refractivity contribution in [3.8, 4) is 11.5 Å². The van der Waals surface area contributed by atoms with E-state index >= 15 is 0 Å². The normalized spacial score (nSPS) is 10.9. The van der Waals surface area contributed by atoms with Crippen LogP contribution in [0.5, 0.6) is 11.5 Å². The topological polar surface area (TPSA) is 131 Å². The van der Waals surface area contributed by atoms with Crippen LogP contribution in [0.1, 0.15) is 22.6 Å². The Morgan fingerprint density at radius 1 is 1.10 bits per heavy atom. The molecule has 0 fully saturated rings. The number of nitro groups is 2. The number of ether oxygens (including phenoxy) is 2. The number of aromatic nitrogens is 1. The predicted octanol–water partition coefficient (Wildman–Crippen LogP) is 5.32. The van der Waals surface area contributed by atoms with E-state index in [0.717, 1.165) is 5.56 Å². The number of hydrogen-bond acceptors (Lipinski definition) is 8. The molecule has 0 aliphatic rings. The Balaban J connectivity index is 1.80. The summed E-state index contributed by atoms with van der Waals surface area (Å²) >= 11 is 3.45. The molecule has 0 N–H and O–H groups in total. The van der Waals surface area contributed by atoms with Gasteiger partial charge in [-0.3, -0.25) is 20.2 Å². The van der Waals surface area contributed by atoms with Gasteiger partial charge in [-0.2, -0.15) is 0 Å². The van der Waals surface area contributed by atoms with E-state index in [2.05, 4.69) is 21.1 Å². The quantitative estimate of drug-likeness (QED) is 0.306. The van der Waals surface area contributed by atoms with Crippen molar-refractivity contribution >= 4 is 39.5 Å². The lowest BCUT2D eigenvalue weighted by Crippen LogP contribution is -1.99. The molecule has 3 rings (SSSR count). The van der Waals surface area contributed by atoms with Gasteiger partial charge in [0, 0.05) is 16.6 Å². The minimum absolute atomic E-state index is 0.00222. The molecule has 0 atom stereocenters. The van der Waals surface area contributed by atoms with Gasteiger partial charge in [-0.1, -0.05) is 21.1 Å². The van der Waals surface area contributed by atoms with Crippen LogP contribution in [0.2, 0.25) is 0 Å². The van der Waals surface area contributed by atoms with E-state index in [0.29, 0.717) is 21.5 Å². The Bertz CT molecular complexity index is 1160. The number of hydrogen-bond donors (Lipinski definition) is 0. The lowest BCUT2D eigenvalue weighted by molar-refractivity contribution is -0.386. The highest BCUT2D eigenvalue weighted by molar-refractivity contribution is 9.10. The summed E-state index contributed by atoms with van der Waals surface area (Å²) in [5.41, 5.74) is 1.42. The molecule has 0 spiro atoms. The lowest BCUT2D eigenvalue weighted by atomic mass is 10.1. The second kappa shape index (κ2) is 9.39. The summed E-state index contributed by atoms with van der Waals surface area (Å²) in [7, 11) is 1.49. The summed E-state index contributed by atoms with van der Waals surface area (Å²) < 4.78 is 16.9. The highest BCUT2D eigenvalue weighted by atomic mass is 79.9. The van der Waals surface area contributed by atoms with Gasteiger partial charge in [-0.05, 0) is 54.5 Å². The fourth-order valence-corrected chi connectivity index (χ4v) is 3.16. The molecule has 1 aromatic heterocycles. The van der Waals surface area contributed by atoms with Gasteiger partial charge in [-0.15, -0.1) is 0 Å². The Kier molecular flexibility index (Phi) is 6.65. The first kappa shape index (κ1) is 22.0. The van der Waals surface area contributed by atoms with Gasteiger partial charge < -0.3 is 14.0 Å². The van der Waals surface area contributed by atoms with Crippen LogP contribution in [0, 0.1) is 27.2 Å². The van der Waals surface area contributed by atoms with Crippen LogP contribution in [0.15, 0.2) is 45.4 Å². The molecule has 0 unspecified atom stereocenters. The summed E-state index contributed by atoms with van der Waals surface area (Å²) in [5.74, 6) is 0.922. The molecule has 0 amide bonds. The number of nitrogens with zero attached hydrogens (tertiary/aromatic N) is 3. The second-order valence-electron chi connectivity index (χ2n) is 6.31. The van der Waals surface area contributed by atoms with Gasteiger partial charge in [-0.25, -0.2) is 0 Å². The first-order valence-electron chi connectivity index (χ1n) is 8.82. The third-order valence-electron chi connectivity index (χ3n) is 4.28. The molecule has 11 heteroatoms. The van der Waals surface area contributed by atoms with Crippen LogP contribution >= 0.6 is 15.9 Å². The molecule has 2 aromatic carbocycles. The van der Waals surface area contributed by atoms with Gasteiger partial charge in [0.15, 0.2) is 17.2 Å².